The Labute approximate surface area is 91.1 Å². The van der Waals surface area contributed by atoms with E-state index >= 15 is 0 Å². The van der Waals surface area contributed by atoms with Crippen LogP contribution < -0.4 is 0 Å². The molecule has 0 radical (unpaired) electrons. The summed E-state index contributed by atoms with van der Waals surface area (Å²) in [5.74, 6) is 0.277. The van der Waals surface area contributed by atoms with Crippen LogP contribution in [-0.2, 0) is 25.1 Å². The SMILES string of the molecule is CC(=O)C1=C(C)O[C@H]2OCCC[C@H]2S1=O. The Morgan fingerprint density at radius 2 is 2.27 bits per heavy atom. The molecule has 84 valence electrons. The molecule has 4 nitrogen and oxygen atoms in total. The van der Waals surface area contributed by atoms with Crippen molar-refractivity contribution in [3.8, 4) is 0 Å². The Hall–Kier alpha value is -0.680. The maximum absolute atomic E-state index is 12.1. The van der Waals surface area contributed by atoms with Gasteiger partial charge in [0.25, 0.3) is 0 Å². The monoisotopic (exact) mass is 230 g/mol. The Balaban J connectivity index is 2.33. The Bertz CT molecular complexity index is 347. The summed E-state index contributed by atoms with van der Waals surface area (Å²) in [6, 6.07) is 0. The summed E-state index contributed by atoms with van der Waals surface area (Å²) in [5.41, 5.74) is 0. The predicted molar refractivity (Wildman–Crippen MR) is 55.4 cm³/mol. The molecule has 0 aliphatic carbocycles. The average molecular weight is 230 g/mol. The molecule has 0 aromatic rings. The van der Waals surface area contributed by atoms with Gasteiger partial charge in [-0.05, 0) is 26.7 Å². The zero-order valence-corrected chi connectivity index (χ0v) is 9.63. The van der Waals surface area contributed by atoms with Crippen LogP contribution in [0.1, 0.15) is 26.7 Å². The van der Waals surface area contributed by atoms with Gasteiger partial charge >= 0.3 is 0 Å². The second kappa shape index (κ2) is 4.06. The number of ketones is 1. The van der Waals surface area contributed by atoms with Crippen LogP contribution >= 0.6 is 0 Å². The highest BCUT2D eigenvalue weighted by Crippen LogP contribution is 2.32. The molecule has 5 heteroatoms. The fraction of sp³-hybridized carbons (Fsp3) is 0.700. The lowest BCUT2D eigenvalue weighted by Gasteiger charge is -2.35. The van der Waals surface area contributed by atoms with Crippen LogP contribution in [0.15, 0.2) is 10.7 Å². The molecule has 1 fully saturated rings. The second-order valence-corrected chi connectivity index (χ2v) is 5.39. The van der Waals surface area contributed by atoms with Crippen molar-refractivity contribution in [2.24, 2.45) is 0 Å². The summed E-state index contributed by atoms with van der Waals surface area (Å²) >= 11 is 0. The van der Waals surface area contributed by atoms with Crippen molar-refractivity contribution >= 4 is 16.6 Å². The molecule has 2 heterocycles. The molecule has 2 rings (SSSR count). The molecular weight excluding hydrogens is 216 g/mol. The van der Waals surface area contributed by atoms with Crippen molar-refractivity contribution in [1.29, 1.82) is 0 Å². The number of hydrogen-bond donors (Lipinski definition) is 0. The fourth-order valence-electron chi connectivity index (χ4n) is 1.96. The molecule has 0 aromatic heterocycles. The number of allylic oxidation sites excluding steroid dienone is 2. The topological polar surface area (TPSA) is 52.6 Å². The summed E-state index contributed by atoms with van der Waals surface area (Å²) in [7, 11) is -1.27. The van der Waals surface area contributed by atoms with E-state index in [1.54, 1.807) is 6.92 Å². The van der Waals surface area contributed by atoms with Gasteiger partial charge in [0.2, 0.25) is 6.29 Å². The first-order chi connectivity index (χ1) is 7.11. The van der Waals surface area contributed by atoms with Crippen LogP contribution in [0.4, 0.5) is 0 Å². The minimum absolute atomic E-state index is 0.171. The zero-order valence-electron chi connectivity index (χ0n) is 8.82. The summed E-state index contributed by atoms with van der Waals surface area (Å²) in [5, 5.41) is -0.179. The molecule has 0 aromatic carbocycles. The molecule has 15 heavy (non-hydrogen) atoms. The van der Waals surface area contributed by atoms with Crippen LogP contribution in [0.2, 0.25) is 0 Å². The quantitative estimate of drug-likeness (QED) is 0.676. The molecule has 1 saturated heterocycles. The van der Waals surface area contributed by atoms with Gasteiger partial charge < -0.3 is 9.47 Å². The summed E-state index contributed by atoms with van der Waals surface area (Å²) in [4.78, 5) is 11.6. The van der Waals surface area contributed by atoms with Crippen LogP contribution in [0.3, 0.4) is 0 Å². The Kier molecular flexibility index (Phi) is 2.93. The first kappa shape index (κ1) is 10.8. The molecule has 2 aliphatic heterocycles. The zero-order chi connectivity index (χ0) is 11.0. The third-order valence-corrected chi connectivity index (χ3v) is 4.61. The molecular formula is C10H14O4S. The number of carbonyl (C=O) groups is 1. The van der Waals surface area contributed by atoms with E-state index in [2.05, 4.69) is 0 Å². The van der Waals surface area contributed by atoms with Crippen LogP contribution in [0, 0.1) is 0 Å². The van der Waals surface area contributed by atoms with E-state index in [-0.39, 0.29) is 11.0 Å². The van der Waals surface area contributed by atoms with Crippen molar-refractivity contribution in [3.05, 3.63) is 10.7 Å². The van der Waals surface area contributed by atoms with Gasteiger partial charge in [-0.25, -0.2) is 0 Å². The largest absolute Gasteiger partial charge is 0.467 e. The number of ether oxygens (including phenoxy) is 2. The van der Waals surface area contributed by atoms with Gasteiger partial charge in [0, 0.05) is 0 Å². The van der Waals surface area contributed by atoms with Crippen molar-refractivity contribution in [1.82, 2.24) is 0 Å². The molecule has 0 amide bonds. The van der Waals surface area contributed by atoms with E-state index in [1.165, 1.54) is 6.92 Å². The smallest absolute Gasteiger partial charge is 0.214 e. The van der Waals surface area contributed by atoms with E-state index in [1.807, 2.05) is 0 Å². The number of carbonyl (C=O) groups excluding carboxylic acids is 1. The fourth-order valence-corrected chi connectivity index (χ4v) is 3.59. The molecule has 2 aliphatic rings. The predicted octanol–water partition coefficient (Wildman–Crippen LogP) is 1.09. The van der Waals surface area contributed by atoms with E-state index in [4.69, 9.17) is 9.47 Å². The van der Waals surface area contributed by atoms with Crippen molar-refractivity contribution in [2.75, 3.05) is 6.61 Å². The molecule has 0 spiro atoms. The lowest BCUT2D eigenvalue weighted by atomic mass is 10.2. The molecule has 3 atom stereocenters. The van der Waals surface area contributed by atoms with Gasteiger partial charge in [0.15, 0.2) is 5.78 Å². The Morgan fingerprint density at radius 1 is 1.53 bits per heavy atom. The minimum Gasteiger partial charge on any atom is -0.467 e. The highest BCUT2D eigenvalue weighted by Gasteiger charge is 2.40. The van der Waals surface area contributed by atoms with Gasteiger partial charge in [-0.15, -0.1) is 0 Å². The van der Waals surface area contributed by atoms with Gasteiger partial charge in [-0.3, -0.25) is 9.00 Å². The molecule has 0 saturated carbocycles. The molecule has 1 unspecified atom stereocenters. The van der Waals surface area contributed by atoms with E-state index < -0.39 is 17.1 Å². The highest BCUT2D eigenvalue weighted by atomic mass is 32.2. The number of Topliss-reactive ketones (excluding diaryl/α,β-unsaturated/α-hetero) is 1. The number of hydrogen-bond acceptors (Lipinski definition) is 4. The van der Waals surface area contributed by atoms with Crippen molar-refractivity contribution in [3.63, 3.8) is 0 Å². The summed E-state index contributed by atoms with van der Waals surface area (Å²) in [6.07, 6.45) is 1.24. The number of rotatable bonds is 1. The average Bonchev–Trinajstić information content (AvgIpc) is 2.17. The van der Waals surface area contributed by atoms with E-state index in [0.29, 0.717) is 17.3 Å². The lowest BCUT2D eigenvalue weighted by Crippen LogP contribution is -2.43. The minimum atomic E-state index is -1.27. The Morgan fingerprint density at radius 3 is 2.93 bits per heavy atom. The van der Waals surface area contributed by atoms with Crippen molar-refractivity contribution < 1.29 is 18.5 Å². The van der Waals surface area contributed by atoms with E-state index in [9.17, 15) is 9.00 Å². The maximum atomic E-state index is 12.1. The van der Waals surface area contributed by atoms with Crippen LogP contribution in [0.25, 0.3) is 0 Å². The summed E-state index contributed by atoms with van der Waals surface area (Å²) in [6.45, 7) is 3.73. The normalized spacial score (nSPS) is 35.7. The van der Waals surface area contributed by atoms with Crippen molar-refractivity contribution in [2.45, 2.75) is 38.2 Å². The third-order valence-electron chi connectivity index (χ3n) is 2.63. The standard InChI is InChI=1S/C10H14O4S/c1-6(11)9-7(2)14-10-8(15(9)12)4-3-5-13-10/h8,10H,3-5H2,1-2H3/t8-,10-,15?/m1/s1. The first-order valence-corrected chi connectivity index (χ1v) is 6.23. The van der Waals surface area contributed by atoms with Crippen LogP contribution in [-0.4, -0.2) is 28.1 Å². The molecule has 0 bridgehead atoms. The lowest BCUT2D eigenvalue weighted by molar-refractivity contribution is -0.138. The van der Waals surface area contributed by atoms with Gasteiger partial charge in [0.05, 0.1) is 17.4 Å². The molecule has 0 N–H and O–H groups in total. The highest BCUT2D eigenvalue weighted by molar-refractivity contribution is 7.90. The van der Waals surface area contributed by atoms with Crippen LogP contribution in [0.5, 0.6) is 0 Å². The summed E-state index contributed by atoms with van der Waals surface area (Å²) < 4.78 is 23.0. The third kappa shape index (κ3) is 1.86. The first-order valence-electron chi connectivity index (χ1n) is 5.02. The van der Waals surface area contributed by atoms with Gasteiger partial charge in [-0.1, -0.05) is 0 Å². The maximum Gasteiger partial charge on any atom is 0.214 e. The second-order valence-electron chi connectivity index (χ2n) is 3.78. The number of fused-ring (bicyclic) bond motifs is 1. The van der Waals surface area contributed by atoms with Gasteiger partial charge in [-0.2, -0.15) is 0 Å². The van der Waals surface area contributed by atoms with Gasteiger partial charge in [0.1, 0.15) is 15.9 Å². The van der Waals surface area contributed by atoms with E-state index in [0.717, 1.165) is 12.8 Å².